The Balaban J connectivity index is 1.51. The maximum atomic E-state index is 4.35. The Hall–Kier alpha value is -2.37. The molecular formula is C19H28N6. The fourth-order valence-corrected chi connectivity index (χ4v) is 3.37. The van der Waals surface area contributed by atoms with E-state index in [1.54, 1.807) is 6.33 Å². The van der Waals surface area contributed by atoms with Gasteiger partial charge in [-0.25, -0.2) is 0 Å². The van der Waals surface area contributed by atoms with Gasteiger partial charge in [-0.05, 0) is 30.9 Å². The highest BCUT2D eigenvalue weighted by molar-refractivity contribution is 5.79. The van der Waals surface area contributed by atoms with Crippen molar-refractivity contribution < 1.29 is 0 Å². The van der Waals surface area contributed by atoms with Crippen LogP contribution in [-0.2, 0) is 18.4 Å². The third-order valence-electron chi connectivity index (χ3n) is 5.04. The summed E-state index contributed by atoms with van der Waals surface area (Å²) in [7, 11) is 1.82. The molecule has 6 heteroatoms. The summed E-state index contributed by atoms with van der Waals surface area (Å²) < 4.78 is 2.08. The second-order valence-corrected chi connectivity index (χ2v) is 6.74. The lowest BCUT2D eigenvalue weighted by molar-refractivity contribution is 0.614. The molecule has 0 unspecified atom stereocenters. The number of hydrogen-bond donors (Lipinski definition) is 2. The minimum Gasteiger partial charge on any atom is -0.356 e. The topological polar surface area (TPSA) is 67.1 Å². The summed E-state index contributed by atoms with van der Waals surface area (Å²) in [6.07, 6.45) is 5.16. The number of hydrogen-bond acceptors (Lipinski definition) is 3. The van der Waals surface area contributed by atoms with Crippen LogP contribution >= 0.6 is 0 Å². The fraction of sp³-hybridized carbons (Fsp3) is 0.526. The Labute approximate surface area is 149 Å². The zero-order chi connectivity index (χ0) is 17.7. The van der Waals surface area contributed by atoms with Gasteiger partial charge in [0.15, 0.2) is 5.96 Å². The van der Waals surface area contributed by atoms with Crippen LogP contribution in [0.5, 0.6) is 0 Å². The number of aromatic nitrogens is 3. The van der Waals surface area contributed by atoms with Crippen molar-refractivity contribution in [2.75, 3.05) is 20.1 Å². The molecule has 0 spiro atoms. The molecule has 0 radical (unpaired) electrons. The lowest BCUT2D eigenvalue weighted by Crippen LogP contribution is -2.42. The summed E-state index contributed by atoms with van der Waals surface area (Å²) in [4.78, 5) is 4.35. The van der Waals surface area contributed by atoms with Gasteiger partial charge in [-0.15, -0.1) is 10.2 Å². The molecule has 6 nitrogen and oxygen atoms in total. The SMILES string of the molecule is CCc1nncn1CCNC(=NC)NCC1(c2ccccc2C)CC1. The third-order valence-corrected chi connectivity index (χ3v) is 5.04. The normalized spacial score (nSPS) is 15.9. The lowest BCUT2D eigenvalue weighted by Gasteiger charge is -2.21. The van der Waals surface area contributed by atoms with Gasteiger partial charge in [-0.2, -0.15) is 0 Å². The van der Waals surface area contributed by atoms with E-state index in [1.807, 2.05) is 7.05 Å². The van der Waals surface area contributed by atoms with Gasteiger partial charge < -0.3 is 15.2 Å². The molecule has 3 rings (SSSR count). The van der Waals surface area contributed by atoms with Crippen LogP contribution in [-0.4, -0.2) is 40.9 Å². The van der Waals surface area contributed by atoms with E-state index in [1.165, 1.54) is 24.0 Å². The van der Waals surface area contributed by atoms with Crippen molar-refractivity contribution in [1.29, 1.82) is 0 Å². The van der Waals surface area contributed by atoms with Gasteiger partial charge in [0.05, 0.1) is 0 Å². The molecule has 1 aliphatic carbocycles. The maximum absolute atomic E-state index is 4.35. The Bertz CT molecular complexity index is 729. The first-order valence-electron chi connectivity index (χ1n) is 9.06. The van der Waals surface area contributed by atoms with Crippen molar-refractivity contribution in [3.63, 3.8) is 0 Å². The third kappa shape index (κ3) is 4.00. The van der Waals surface area contributed by atoms with Gasteiger partial charge in [-0.1, -0.05) is 31.2 Å². The molecule has 0 bridgehead atoms. The summed E-state index contributed by atoms with van der Waals surface area (Å²) in [6, 6.07) is 8.71. The second kappa shape index (κ2) is 7.68. The van der Waals surface area contributed by atoms with Crippen LogP contribution in [0.1, 0.15) is 36.7 Å². The summed E-state index contributed by atoms with van der Waals surface area (Å²) in [5.74, 6) is 1.87. The van der Waals surface area contributed by atoms with Crippen LogP contribution in [0.2, 0.25) is 0 Å². The van der Waals surface area contributed by atoms with E-state index >= 15 is 0 Å². The summed E-state index contributed by atoms with van der Waals surface area (Å²) >= 11 is 0. The summed E-state index contributed by atoms with van der Waals surface area (Å²) in [5, 5.41) is 15.0. The molecular weight excluding hydrogens is 312 g/mol. The van der Waals surface area contributed by atoms with Gasteiger partial charge in [-0.3, -0.25) is 4.99 Å². The monoisotopic (exact) mass is 340 g/mol. The van der Waals surface area contributed by atoms with Crippen LogP contribution < -0.4 is 10.6 Å². The molecule has 0 aliphatic heterocycles. The van der Waals surface area contributed by atoms with E-state index in [-0.39, 0.29) is 5.41 Å². The van der Waals surface area contributed by atoms with Crippen LogP contribution in [0, 0.1) is 6.92 Å². The van der Waals surface area contributed by atoms with E-state index in [0.717, 1.165) is 37.8 Å². The molecule has 1 fully saturated rings. The summed E-state index contributed by atoms with van der Waals surface area (Å²) in [5.41, 5.74) is 3.12. The predicted molar refractivity (Wildman–Crippen MR) is 101 cm³/mol. The quantitative estimate of drug-likeness (QED) is 0.598. The first-order chi connectivity index (χ1) is 12.2. The van der Waals surface area contributed by atoms with E-state index in [4.69, 9.17) is 0 Å². The molecule has 1 aromatic heterocycles. The molecule has 25 heavy (non-hydrogen) atoms. The molecule has 134 valence electrons. The van der Waals surface area contributed by atoms with Crippen molar-refractivity contribution in [3.8, 4) is 0 Å². The fourth-order valence-electron chi connectivity index (χ4n) is 3.37. The maximum Gasteiger partial charge on any atom is 0.191 e. The average Bonchev–Trinajstić information content (AvgIpc) is 3.28. The molecule has 1 aliphatic rings. The van der Waals surface area contributed by atoms with Gasteiger partial charge in [0.25, 0.3) is 0 Å². The van der Waals surface area contributed by atoms with Crippen molar-refractivity contribution in [2.24, 2.45) is 4.99 Å². The van der Waals surface area contributed by atoms with Gasteiger partial charge in [0, 0.05) is 38.5 Å². The molecule has 0 amide bonds. The Morgan fingerprint density at radius 3 is 2.76 bits per heavy atom. The Kier molecular flexibility index (Phi) is 5.36. The van der Waals surface area contributed by atoms with Crippen LogP contribution in [0.3, 0.4) is 0 Å². The van der Waals surface area contributed by atoms with Crippen LogP contribution in [0.4, 0.5) is 0 Å². The molecule has 1 aromatic carbocycles. The Morgan fingerprint density at radius 2 is 2.08 bits per heavy atom. The first-order valence-corrected chi connectivity index (χ1v) is 9.06. The van der Waals surface area contributed by atoms with E-state index < -0.39 is 0 Å². The smallest absolute Gasteiger partial charge is 0.191 e. The van der Waals surface area contributed by atoms with E-state index in [9.17, 15) is 0 Å². The summed E-state index contributed by atoms with van der Waals surface area (Å²) in [6.45, 7) is 6.84. The first kappa shape index (κ1) is 17.5. The number of rotatable bonds is 7. The highest BCUT2D eigenvalue weighted by atomic mass is 15.3. The zero-order valence-electron chi connectivity index (χ0n) is 15.4. The molecule has 0 atom stereocenters. The minimum absolute atomic E-state index is 0.270. The van der Waals surface area contributed by atoms with Crippen LogP contribution in [0.15, 0.2) is 35.6 Å². The molecule has 2 aromatic rings. The van der Waals surface area contributed by atoms with Crippen molar-refractivity contribution in [1.82, 2.24) is 25.4 Å². The average molecular weight is 340 g/mol. The van der Waals surface area contributed by atoms with E-state index in [2.05, 4.69) is 68.5 Å². The number of nitrogens with zero attached hydrogens (tertiary/aromatic N) is 4. The van der Waals surface area contributed by atoms with Crippen molar-refractivity contribution >= 4 is 5.96 Å². The van der Waals surface area contributed by atoms with Crippen LogP contribution in [0.25, 0.3) is 0 Å². The number of aryl methyl sites for hydroxylation is 2. The van der Waals surface area contributed by atoms with E-state index in [0.29, 0.717) is 0 Å². The standard InChI is InChI=1S/C19H28N6/c1-4-17-24-23-14-25(17)12-11-21-18(20-3)22-13-19(9-10-19)16-8-6-5-7-15(16)2/h5-8,14H,4,9-13H2,1-3H3,(H2,20,21,22). The second-order valence-electron chi connectivity index (χ2n) is 6.74. The van der Waals surface area contributed by atoms with Gasteiger partial charge in [0.2, 0.25) is 0 Å². The lowest BCUT2D eigenvalue weighted by atomic mass is 9.92. The van der Waals surface area contributed by atoms with Gasteiger partial charge in [0.1, 0.15) is 12.2 Å². The molecule has 1 saturated carbocycles. The number of aliphatic imine (C=N–C) groups is 1. The zero-order valence-corrected chi connectivity index (χ0v) is 15.4. The largest absolute Gasteiger partial charge is 0.356 e. The Morgan fingerprint density at radius 1 is 1.28 bits per heavy atom. The van der Waals surface area contributed by atoms with Crippen molar-refractivity contribution in [2.45, 2.75) is 45.1 Å². The number of nitrogens with one attached hydrogen (secondary N) is 2. The highest BCUT2D eigenvalue weighted by Gasteiger charge is 2.44. The molecule has 2 N–H and O–H groups in total. The minimum atomic E-state index is 0.270. The number of benzene rings is 1. The van der Waals surface area contributed by atoms with Gasteiger partial charge >= 0.3 is 0 Å². The molecule has 0 saturated heterocycles. The molecule has 1 heterocycles. The highest BCUT2D eigenvalue weighted by Crippen LogP contribution is 2.48. The van der Waals surface area contributed by atoms with Crippen molar-refractivity contribution in [3.05, 3.63) is 47.5 Å². The predicted octanol–water partition coefficient (Wildman–Crippen LogP) is 2.05. The number of guanidine groups is 1.